The van der Waals surface area contributed by atoms with E-state index >= 15 is 0 Å². The lowest BCUT2D eigenvalue weighted by Gasteiger charge is -2.32. The van der Waals surface area contributed by atoms with E-state index < -0.39 is 0 Å². The summed E-state index contributed by atoms with van der Waals surface area (Å²) in [7, 11) is 0. The molecule has 2 aliphatic carbocycles. The fourth-order valence-corrected chi connectivity index (χ4v) is 4.59. The second-order valence-corrected chi connectivity index (χ2v) is 7.98. The summed E-state index contributed by atoms with van der Waals surface area (Å²) in [5, 5.41) is 3.96. The van der Waals surface area contributed by atoms with Crippen molar-refractivity contribution in [3.8, 4) is 0 Å². The third-order valence-corrected chi connectivity index (χ3v) is 6.00. The summed E-state index contributed by atoms with van der Waals surface area (Å²) in [6.45, 7) is 2.42. The van der Waals surface area contributed by atoms with E-state index in [1.807, 2.05) is 0 Å². The Morgan fingerprint density at radius 3 is 2.57 bits per heavy atom. The second kappa shape index (κ2) is 7.28. The zero-order chi connectivity index (χ0) is 14.7. The predicted octanol–water partition coefficient (Wildman–Crippen LogP) is 5.25. The van der Waals surface area contributed by atoms with Crippen LogP contribution in [-0.2, 0) is 12.8 Å². The molecule has 0 saturated heterocycles. The highest BCUT2D eigenvalue weighted by Gasteiger charge is 2.24. The summed E-state index contributed by atoms with van der Waals surface area (Å²) in [5.41, 5.74) is 3.10. The van der Waals surface area contributed by atoms with Gasteiger partial charge in [-0.25, -0.2) is 0 Å². The van der Waals surface area contributed by atoms with Crippen molar-refractivity contribution in [1.29, 1.82) is 0 Å². The summed E-state index contributed by atoms with van der Waals surface area (Å²) in [5.74, 6) is 0.902. The molecule has 0 heterocycles. The molecular weight excluding hydrogens is 322 g/mol. The number of aryl methyl sites for hydroxylation is 1. The van der Waals surface area contributed by atoms with E-state index in [0.29, 0.717) is 12.1 Å². The van der Waals surface area contributed by atoms with Gasteiger partial charge < -0.3 is 5.32 Å². The Labute approximate surface area is 138 Å². The molecule has 2 aliphatic rings. The third kappa shape index (κ3) is 4.10. The molecule has 0 radical (unpaired) electrons. The Bertz CT molecular complexity index is 463. The normalized spacial score (nSPS) is 25.1. The number of hydrogen-bond donors (Lipinski definition) is 1. The molecular formula is C19H28BrN. The monoisotopic (exact) mass is 349 g/mol. The van der Waals surface area contributed by atoms with Crippen LogP contribution in [0.3, 0.4) is 0 Å². The van der Waals surface area contributed by atoms with Gasteiger partial charge in [-0.2, -0.15) is 0 Å². The molecule has 2 atom stereocenters. The van der Waals surface area contributed by atoms with Crippen LogP contribution in [0.1, 0.15) is 63.0 Å². The maximum absolute atomic E-state index is 3.96. The summed E-state index contributed by atoms with van der Waals surface area (Å²) < 4.78 is 1.22. The van der Waals surface area contributed by atoms with Crippen LogP contribution in [0.25, 0.3) is 0 Å². The third-order valence-electron chi connectivity index (χ3n) is 5.50. The summed E-state index contributed by atoms with van der Waals surface area (Å²) in [6.07, 6.45) is 12.4. The van der Waals surface area contributed by atoms with E-state index in [2.05, 4.69) is 46.4 Å². The highest BCUT2D eigenvalue weighted by atomic mass is 79.9. The second-order valence-electron chi connectivity index (χ2n) is 7.06. The van der Waals surface area contributed by atoms with E-state index in [1.54, 1.807) is 11.1 Å². The SMILES string of the molecule is C[C@@H](NC1CCc2cc(Br)ccc2C1)C1CCCCCC1. The fraction of sp³-hybridized carbons (Fsp3) is 0.684. The quantitative estimate of drug-likeness (QED) is 0.734. The van der Waals surface area contributed by atoms with Gasteiger partial charge in [-0.3, -0.25) is 0 Å². The van der Waals surface area contributed by atoms with Gasteiger partial charge in [-0.15, -0.1) is 0 Å². The molecule has 0 aromatic heterocycles. The van der Waals surface area contributed by atoms with Crippen molar-refractivity contribution in [2.45, 2.75) is 76.8 Å². The van der Waals surface area contributed by atoms with Crippen molar-refractivity contribution in [2.75, 3.05) is 0 Å². The molecule has 1 N–H and O–H groups in total. The first-order chi connectivity index (χ1) is 10.2. The van der Waals surface area contributed by atoms with Gasteiger partial charge in [0.15, 0.2) is 0 Å². The van der Waals surface area contributed by atoms with Crippen LogP contribution < -0.4 is 5.32 Å². The van der Waals surface area contributed by atoms with Gasteiger partial charge >= 0.3 is 0 Å². The molecule has 3 rings (SSSR count). The molecule has 116 valence electrons. The minimum Gasteiger partial charge on any atom is -0.311 e. The molecule has 0 spiro atoms. The van der Waals surface area contributed by atoms with Crippen molar-refractivity contribution < 1.29 is 0 Å². The first kappa shape index (κ1) is 15.6. The van der Waals surface area contributed by atoms with Crippen LogP contribution in [0.5, 0.6) is 0 Å². The van der Waals surface area contributed by atoms with Gasteiger partial charge in [0.1, 0.15) is 0 Å². The molecule has 0 aliphatic heterocycles. The zero-order valence-electron chi connectivity index (χ0n) is 13.2. The minimum atomic E-state index is 0.678. The first-order valence-electron chi connectivity index (χ1n) is 8.76. The molecule has 1 nitrogen and oxygen atoms in total. The maximum atomic E-state index is 3.96. The van der Waals surface area contributed by atoms with Crippen LogP contribution in [0.2, 0.25) is 0 Å². The van der Waals surface area contributed by atoms with Gasteiger partial charge in [0.25, 0.3) is 0 Å². The van der Waals surface area contributed by atoms with Crippen LogP contribution in [0.4, 0.5) is 0 Å². The maximum Gasteiger partial charge on any atom is 0.0178 e. The average molecular weight is 350 g/mol. The lowest BCUT2D eigenvalue weighted by molar-refractivity contribution is 0.296. The van der Waals surface area contributed by atoms with Crippen LogP contribution in [0.15, 0.2) is 22.7 Å². The van der Waals surface area contributed by atoms with Crippen molar-refractivity contribution in [2.24, 2.45) is 5.92 Å². The number of hydrogen-bond acceptors (Lipinski definition) is 1. The molecule has 21 heavy (non-hydrogen) atoms. The highest BCUT2D eigenvalue weighted by molar-refractivity contribution is 9.10. The molecule has 1 unspecified atom stereocenters. The Balaban J connectivity index is 1.57. The molecule has 0 amide bonds. The van der Waals surface area contributed by atoms with Gasteiger partial charge in [0.2, 0.25) is 0 Å². The smallest absolute Gasteiger partial charge is 0.0178 e. The Kier molecular flexibility index (Phi) is 5.39. The Morgan fingerprint density at radius 1 is 1.05 bits per heavy atom. The molecule has 1 aromatic rings. The highest BCUT2D eigenvalue weighted by Crippen LogP contribution is 2.28. The van der Waals surface area contributed by atoms with Crippen molar-refractivity contribution >= 4 is 15.9 Å². The number of fused-ring (bicyclic) bond motifs is 1. The number of rotatable bonds is 3. The standard InChI is InChI=1S/C19H28BrN/c1-14(15-6-4-2-3-5-7-15)21-19-11-9-16-12-18(20)10-8-17(16)13-19/h8,10,12,14-15,19,21H,2-7,9,11,13H2,1H3/t14-,19?/m1/s1. The fourth-order valence-electron chi connectivity index (χ4n) is 4.18. The van der Waals surface area contributed by atoms with E-state index in [4.69, 9.17) is 0 Å². The number of halogens is 1. The van der Waals surface area contributed by atoms with Crippen molar-refractivity contribution in [1.82, 2.24) is 5.32 Å². The van der Waals surface area contributed by atoms with Crippen LogP contribution in [0, 0.1) is 5.92 Å². The molecule has 1 aromatic carbocycles. The molecule has 1 saturated carbocycles. The van der Waals surface area contributed by atoms with E-state index in [9.17, 15) is 0 Å². The molecule has 0 bridgehead atoms. The minimum absolute atomic E-state index is 0.678. The summed E-state index contributed by atoms with van der Waals surface area (Å²) in [6, 6.07) is 8.17. The van der Waals surface area contributed by atoms with Crippen LogP contribution >= 0.6 is 15.9 Å². The Morgan fingerprint density at radius 2 is 1.81 bits per heavy atom. The molecule has 1 fully saturated rings. The van der Waals surface area contributed by atoms with E-state index in [0.717, 1.165) is 5.92 Å². The predicted molar refractivity (Wildman–Crippen MR) is 93.7 cm³/mol. The van der Waals surface area contributed by atoms with Gasteiger partial charge in [-0.1, -0.05) is 47.7 Å². The average Bonchev–Trinajstić information content (AvgIpc) is 2.76. The van der Waals surface area contributed by atoms with E-state index in [1.165, 1.54) is 62.3 Å². The number of benzene rings is 1. The van der Waals surface area contributed by atoms with Gasteiger partial charge in [0, 0.05) is 16.6 Å². The first-order valence-corrected chi connectivity index (χ1v) is 9.55. The summed E-state index contributed by atoms with van der Waals surface area (Å²) in [4.78, 5) is 0. The van der Waals surface area contributed by atoms with Crippen molar-refractivity contribution in [3.63, 3.8) is 0 Å². The lowest BCUT2D eigenvalue weighted by Crippen LogP contribution is -2.43. The van der Waals surface area contributed by atoms with E-state index in [-0.39, 0.29) is 0 Å². The lowest BCUT2D eigenvalue weighted by atomic mass is 9.86. The molecule has 2 heteroatoms. The number of nitrogens with one attached hydrogen (secondary N) is 1. The van der Waals surface area contributed by atoms with Gasteiger partial charge in [0.05, 0.1) is 0 Å². The van der Waals surface area contributed by atoms with Crippen LogP contribution in [-0.4, -0.2) is 12.1 Å². The Hall–Kier alpha value is -0.340. The van der Waals surface area contributed by atoms with Crippen molar-refractivity contribution in [3.05, 3.63) is 33.8 Å². The topological polar surface area (TPSA) is 12.0 Å². The zero-order valence-corrected chi connectivity index (χ0v) is 14.8. The largest absolute Gasteiger partial charge is 0.311 e. The van der Waals surface area contributed by atoms with Gasteiger partial charge in [-0.05, 0) is 68.2 Å². The summed E-state index contributed by atoms with van der Waals surface area (Å²) >= 11 is 3.59.